The van der Waals surface area contributed by atoms with E-state index in [1.807, 2.05) is 6.92 Å². The van der Waals surface area contributed by atoms with Crippen molar-refractivity contribution in [2.24, 2.45) is 5.73 Å². The van der Waals surface area contributed by atoms with Gasteiger partial charge >= 0.3 is 0 Å². The molecule has 1 atom stereocenters. The molecule has 0 aromatic heterocycles. The fraction of sp³-hybridized carbons (Fsp3) is 0.625. The van der Waals surface area contributed by atoms with E-state index >= 15 is 0 Å². The first-order chi connectivity index (χ1) is 8.98. The minimum absolute atomic E-state index is 0.0580. The first kappa shape index (κ1) is 16.0. The Labute approximate surface area is 117 Å². The molecule has 0 aliphatic carbocycles. The second-order valence-corrected chi connectivity index (χ2v) is 5.68. The Morgan fingerprint density at radius 3 is 2.37 bits per heavy atom. The number of aryl methyl sites for hydroxylation is 1. The van der Waals surface area contributed by atoms with Gasteiger partial charge < -0.3 is 15.7 Å². The maximum Gasteiger partial charge on any atom is 0.0608 e. The van der Waals surface area contributed by atoms with Crippen LogP contribution in [0.3, 0.4) is 0 Å². The third kappa shape index (κ3) is 5.62. The van der Waals surface area contributed by atoms with Gasteiger partial charge in [-0.05, 0) is 52.2 Å². The number of aliphatic hydroxyl groups is 1. The lowest BCUT2D eigenvalue weighted by Gasteiger charge is -2.25. The Kier molecular flexibility index (Phi) is 6.32. The zero-order chi connectivity index (χ0) is 14.3. The molecule has 0 amide bonds. The second kappa shape index (κ2) is 7.51. The molecule has 0 saturated heterocycles. The number of nitrogens with zero attached hydrogens (tertiary/aromatic N) is 1. The Balaban J connectivity index is 2.39. The SMILES string of the molecule is CCN(CCCCC(C)(N)CO)c1ccc(C)cc1. The fourth-order valence-corrected chi connectivity index (χ4v) is 2.14. The molecule has 0 bridgehead atoms. The third-order valence-corrected chi connectivity index (χ3v) is 3.57. The molecule has 19 heavy (non-hydrogen) atoms. The van der Waals surface area contributed by atoms with Gasteiger partial charge in [0, 0.05) is 24.3 Å². The monoisotopic (exact) mass is 264 g/mol. The average molecular weight is 264 g/mol. The van der Waals surface area contributed by atoms with Gasteiger partial charge in [0.25, 0.3) is 0 Å². The van der Waals surface area contributed by atoms with E-state index in [9.17, 15) is 0 Å². The van der Waals surface area contributed by atoms with Gasteiger partial charge in [-0.2, -0.15) is 0 Å². The van der Waals surface area contributed by atoms with Gasteiger partial charge in [-0.25, -0.2) is 0 Å². The number of nitrogens with two attached hydrogens (primary N) is 1. The predicted molar refractivity (Wildman–Crippen MR) is 82.6 cm³/mol. The van der Waals surface area contributed by atoms with Crippen LogP contribution in [0, 0.1) is 6.92 Å². The fourth-order valence-electron chi connectivity index (χ4n) is 2.14. The van der Waals surface area contributed by atoms with Crippen LogP contribution in [0.15, 0.2) is 24.3 Å². The van der Waals surface area contributed by atoms with Gasteiger partial charge in [0.2, 0.25) is 0 Å². The first-order valence-corrected chi connectivity index (χ1v) is 7.20. The van der Waals surface area contributed by atoms with Crippen LogP contribution >= 0.6 is 0 Å². The van der Waals surface area contributed by atoms with Gasteiger partial charge in [-0.1, -0.05) is 17.7 Å². The van der Waals surface area contributed by atoms with Crippen LogP contribution in [0.1, 0.15) is 38.7 Å². The smallest absolute Gasteiger partial charge is 0.0608 e. The number of hydrogen-bond donors (Lipinski definition) is 2. The van der Waals surface area contributed by atoms with Crippen LogP contribution in [0.5, 0.6) is 0 Å². The van der Waals surface area contributed by atoms with E-state index in [-0.39, 0.29) is 6.61 Å². The van der Waals surface area contributed by atoms with Crippen molar-refractivity contribution in [2.75, 3.05) is 24.6 Å². The summed E-state index contributed by atoms with van der Waals surface area (Å²) in [7, 11) is 0. The lowest BCUT2D eigenvalue weighted by atomic mass is 9.97. The molecule has 3 nitrogen and oxygen atoms in total. The molecule has 3 heteroatoms. The van der Waals surface area contributed by atoms with Crippen molar-refractivity contribution in [3.8, 4) is 0 Å². The molecule has 3 N–H and O–H groups in total. The molecule has 1 aromatic carbocycles. The highest BCUT2D eigenvalue weighted by atomic mass is 16.3. The van der Waals surface area contributed by atoms with Crippen LogP contribution in [-0.4, -0.2) is 30.3 Å². The summed E-state index contributed by atoms with van der Waals surface area (Å²) in [6, 6.07) is 8.67. The van der Waals surface area contributed by atoms with E-state index in [2.05, 4.69) is 43.0 Å². The topological polar surface area (TPSA) is 49.5 Å². The van der Waals surface area contributed by atoms with Crippen LogP contribution < -0.4 is 10.6 Å². The molecular formula is C16H28N2O. The van der Waals surface area contributed by atoms with Crippen LogP contribution in [0.25, 0.3) is 0 Å². The predicted octanol–water partition coefficient (Wildman–Crippen LogP) is 2.70. The highest BCUT2D eigenvalue weighted by Crippen LogP contribution is 2.17. The minimum Gasteiger partial charge on any atom is -0.394 e. The Hall–Kier alpha value is -1.06. The number of hydrogen-bond acceptors (Lipinski definition) is 3. The summed E-state index contributed by atoms with van der Waals surface area (Å²) in [4.78, 5) is 2.38. The zero-order valence-corrected chi connectivity index (χ0v) is 12.5. The van der Waals surface area contributed by atoms with E-state index in [0.29, 0.717) is 0 Å². The molecule has 0 fully saturated rings. The second-order valence-electron chi connectivity index (χ2n) is 5.68. The molecular weight excluding hydrogens is 236 g/mol. The van der Waals surface area contributed by atoms with Gasteiger partial charge in [0.05, 0.1) is 6.61 Å². The van der Waals surface area contributed by atoms with Crippen LogP contribution in [0.4, 0.5) is 5.69 Å². The standard InChI is InChI=1S/C16H28N2O/c1-4-18(15-9-7-14(2)8-10-15)12-6-5-11-16(3,17)13-19/h7-10,19H,4-6,11-13,17H2,1-3H3. The van der Waals surface area contributed by atoms with Crippen molar-refractivity contribution in [1.82, 2.24) is 0 Å². The van der Waals surface area contributed by atoms with Crippen LogP contribution in [-0.2, 0) is 0 Å². The molecule has 1 unspecified atom stereocenters. The summed E-state index contributed by atoms with van der Waals surface area (Å²) in [5.74, 6) is 0. The molecule has 1 aromatic rings. The maximum absolute atomic E-state index is 9.12. The molecule has 1 rings (SSSR count). The highest BCUT2D eigenvalue weighted by Gasteiger charge is 2.16. The first-order valence-electron chi connectivity index (χ1n) is 7.20. The molecule has 0 saturated carbocycles. The number of aliphatic hydroxyl groups excluding tert-OH is 1. The Morgan fingerprint density at radius 2 is 1.84 bits per heavy atom. The van der Waals surface area contributed by atoms with Crippen molar-refractivity contribution in [1.29, 1.82) is 0 Å². The van der Waals surface area contributed by atoms with Crippen molar-refractivity contribution < 1.29 is 5.11 Å². The number of rotatable bonds is 8. The quantitative estimate of drug-likeness (QED) is 0.710. The molecule has 0 aliphatic rings. The van der Waals surface area contributed by atoms with Gasteiger partial charge in [-0.15, -0.1) is 0 Å². The number of anilines is 1. The van der Waals surface area contributed by atoms with E-state index in [0.717, 1.165) is 32.4 Å². The molecule has 108 valence electrons. The zero-order valence-electron chi connectivity index (χ0n) is 12.5. The van der Waals surface area contributed by atoms with Crippen molar-refractivity contribution >= 4 is 5.69 Å². The summed E-state index contributed by atoms with van der Waals surface area (Å²) < 4.78 is 0. The Morgan fingerprint density at radius 1 is 1.21 bits per heavy atom. The lowest BCUT2D eigenvalue weighted by molar-refractivity contribution is 0.197. The van der Waals surface area contributed by atoms with E-state index in [1.165, 1.54) is 11.3 Å². The number of unbranched alkanes of at least 4 members (excludes halogenated alkanes) is 1. The normalized spacial score (nSPS) is 14.2. The molecule has 0 radical (unpaired) electrons. The molecule has 0 spiro atoms. The van der Waals surface area contributed by atoms with E-state index in [1.54, 1.807) is 0 Å². The summed E-state index contributed by atoms with van der Waals surface area (Å²) >= 11 is 0. The van der Waals surface area contributed by atoms with Gasteiger partial charge in [0.15, 0.2) is 0 Å². The summed E-state index contributed by atoms with van der Waals surface area (Å²) in [6.45, 7) is 8.31. The largest absolute Gasteiger partial charge is 0.394 e. The summed E-state index contributed by atoms with van der Waals surface area (Å²) in [5.41, 5.74) is 8.08. The highest BCUT2D eigenvalue weighted by molar-refractivity contribution is 5.47. The molecule has 0 heterocycles. The summed E-state index contributed by atoms with van der Waals surface area (Å²) in [5, 5.41) is 9.12. The minimum atomic E-state index is -0.430. The van der Waals surface area contributed by atoms with Crippen molar-refractivity contribution in [2.45, 2.75) is 45.6 Å². The van der Waals surface area contributed by atoms with E-state index < -0.39 is 5.54 Å². The summed E-state index contributed by atoms with van der Waals surface area (Å²) in [6.07, 6.45) is 3.03. The van der Waals surface area contributed by atoms with Crippen molar-refractivity contribution in [3.63, 3.8) is 0 Å². The van der Waals surface area contributed by atoms with Gasteiger partial charge in [-0.3, -0.25) is 0 Å². The molecule has 0 aliphatic heterocycles. The number of benzene rings is 1. The van der Waals surface area contributed by atoms with E-state index in [4.69, 9.17) is 10.8 Å². The third-order valence-electron chi connectivity index (χ3n) is 3.57. The maximum atomic E-state index is 9.12. The Bertz CT molecular complexity index is 360. The lowest BCUT2D eigenvalue weighted by Crippen LogP contribution is -2.40. The van der Waals surface area contributed by atoms with Gasteiger partial charge in [0.1, 0.15) is 0 Å². The van der Waals surface area contributed by atoms with Crippen LogP contribution in [0.2, 0.25) is 0 Å². The average Bonchev–Trinajstić information content (AvgIpc) is 2.40. The van der Waals surface area contributed by atoms with Crippen molar-refractivity contribution in [3.05, 3.63) is 29.8 Å².